The molecule has 0 aliphatic rings. The molecule has 0 saturated carbocycles. The normalized spacial score (nSPS) is 13.4. The highest BCUT2D eigenvalue weighted by molar-refractivity contribution is 5.99. The molecule has 1 heterocycles. The van der Waals surface area contributed by atoms with Crippen molar-refractivity contribution in [1.29, 1.82) is 0 Å². The minimum Gasteiger partial charge on any atom is -0.292 e. The molecule has 0 fully saturated rings. The van der Waals surface area contributed by atoms with Crippen molar-refractivity contribution in [3.05, 3.63) is 47.8 Å². The molecular formula is C14H13F4N3O. The number of hydrogen-bond acceptors (Lipinski definition) is 3. The van der Waals surface area contributed by atoms with Crippen LogP contribution in [0.3, 0.4) is 0 Å². The first kappa shape index (κ1) is 16.1. The molecule has 1 atom stereocenters. The van der Waals surface area contributed by atoms with E-state index in [0.717, 1.165) is 23.1 Å². The molecule has 1 unspecified atom stereocenters. The molecular weight excluding hydrogens is 302 g/mol. The number of halogens is 4. The second-order valence-electron chi connectivity index (χ2n) is 5.11. The van der Waals surface area contributed by atoms with Gasteiger partial charge in [-0.2, -0.15) is 13.2 Å². The van der Waals surface area contributed by atoms with E-state index in [0.29, 0.717) is 0 Å². The van der Waals surface area contributed by atoms with Gasteiger partial charge in [-0.25, -0.2) is 14.1 Å². The molecule has 0 saturated heterocycles. The zero-order chi connectivity index (χ0) is 16.5. The van der Waals surface area contributed by atoms with Crippen molar-refractivity contribution in [2.75, 3.05) is 0 Å². The molecule has 0 spiro atoms. The first-order valence-corrected chi connectivity index (χ1v) is 6.48. The van der Waals surface area contributed by atoms with Gasteiger partial charge < -0.3 is 0 Å². The van der Waals surface area contributed by atoms with Gasteiger partial charge in [-0.3, -0.25) is 4.79 Å². The van der Waals surface area contributed by atoms with E-state index in [-0.39, 0.29) is 11.5 Å². The molecule has 1 aromatic heterocycles. The second-order valence-corrected chi connectivity index (χ2v) is 5.11. The van der Waals surface area contributed by atoms with Gasteiger partial charge in [-0.15, -0.1) is 5.10 Å². The minimum atomic E-state index is -4.67. The topological polar surface area (TPSA) is 47.8 Å². The van der Waals surface area contributed by atoms with Crippen molar-refractivity contribution < 1.29 is 22.4 Å². The van der Waals surface area contributed by atoms with E-state index in [4.69, 9.17) is 0 Å². The van der Waals surface area contributed by atoms with E-state index in [1.807, 2.05) is 0 Å². The lowest BCUT2D eigenvalue weighted by molar-refractivity contribution is -0.145. The van der Waals surface area contributed by atoms with E-state index in [2.05, 4.69) is 10.1 Å². The predicted molar refractivity (Wildman–Crippen MR) is 69.6 cm³/mol. The van der Waals surface area contributed by atoms with Gasteiger partial charge in [0.25, 0.3) is 5.82 Å². The van der Waals surface area contributed by atoms with Crippen LogP contribution in [-0.4, -0.2) is 20.5 Å². The summed E-state index contributed by atoms with van der Waals surface area (Å²) in [7, 11) is 0. The standard InChI is InChI=1S/C14H13F4N3O/c1-8(2)11(12(22)9-3-5-10(15)6-4-9)21-7-19-13(20-21)14(16,17)18/h3-8,11H,1-2H3. The number of carbonyl (C=O) groups excluding carboxylic acids is 1. The number of benzene rings is 1. The van der Waals surface area contributed by atoms with Crippen molar-refractivity contribution in [2.45, 2.75) is 26.1 Å². The van der Waals surface area contributed by atoms with Crippen molar-refractivity contribution in [2.24, 2.45) is 5.92 Å². The van der Waals surface area contributed by atoms with Crippen LogP contribution in [0.2, 0.25) is 0 Å². The molecule has 0 bridgehead atoms. The number of carbonyl (C=O) groups is 1. The van der Waals surface area contributed by atoms with Gasteiger partial charge in [0.2, 0.25) is 0 Å². The Bertz CT molecular complexity index is 661. The quantitative estimate of drug-likeness (QED) is 0.641. The monoisotopic (exact) mass is 315 g/mol. The number of alkyl halides is 3. The van der Waals surface area contributed by atoms with Crippen LogP contribution in [-0.2, 0) is 6.18 Å². The van der Waals surface area contributed by atoms with Gasteiger partial charge in [0.1, 0.15) is 18.2 Å². The highest BCUT2D eigenvalue weighted by Crippen LogP contribution is 2.28. The lowest BCUT2D eigenvalue weighted by Crippen LogP contribution is -2.25. The average Bonchev–Trinajstić information content (AvgIpc) is 2.88. The Balaban J connectivity index is 2.36. The van der Waals surface area contributed by atoms with Crippen molar-refractivity contribution >= 4 is 5.78 Å². The molecule has 0 amide bonds. The van der Waals surface area contributed by atoms with Crippen LogP contribution in [0.5, 0.6) is 0 Å². The third kappa shape index (κ3) is 3.32. The maximum Gasteiger partial charge on any atom is 0.453 e. The van der Waals surface area contributed by atoms with E-state index in [9.17, 15) is 22.4 Å². The predicted octanol–water partition coefficient (Wildman–Crippen LogP) is 3.52. The Hall–Kier alpha value is -2.25. The van der Waals surface area contributed by atoms with Crippen LogP contribution >= 0.6 is 0 Å². The number of Topliss-reactive ketones (excluding diaryl/α,β-unsaturated/α-hetero) is 1. The fourth-order valence-electron chi connectivity index (χ4n) is 2.05. The third-order valence-electron chi connectivity index (χ3n) is 3.08. The SMILES string of the molecule is CC(C)C(C(=O)c1ccc(F)cc1)n1cnc(C(F)(F)F)n1. The number of ketones is 1. The fourth-order valence-corrected chi connectivity index (χ4v) is 2.05. The molecule has 4 nitrogen and oxygen atoms in total. The fraction of sp³-hybridized carbons (Fsp3) is 0.357. The Morgan fingerprint density at radius 3 is 2.23 bits per heavy atom. The van der Waals surface area contributed by atoms with Crippen molar-refractivity contribution in [3.8, 4) is 0 Å². The van der Waals surface area contributed by atoms with E-state index < -0.39 is 29.6 Å². The molecule has 0 aliphatic heterocycles. The van der Waals surface area contributed by atoms with Crippen molar-refractivity contribution in [1.82, 2.24) is 14.8 Å². The van der Waals surface area contributed by atoms with Gasteiger partial charge in [-0.1, -0.05) is 13.8 Å². The lowest BCUT2D eigenvalue weighted by Gasteiger charge is -2.19. The summed E-state index contributed by atoms with van der Waals surface area (Å²) in [4.78, 5) is 15.7. The number of nitrogens with zero attached hydrogens (tertiary/aromatic N) is 3. The smallest absolute Gasteiger partial charge is 0.292 e. The minimum absolute atomic E-state index is 0.198. The van der Waals surface area contributed by atoms with E-state index in [1.54, 1.807) is 13.8 Å². The maximum atomic E-state index is 12.9. The number of hydrogen-bond donors (Lipinski definition) is 0. The van der Waals surface area contributed by atoms with Crippen LogP contribution in [0.15, 0.2) is 30.6 Å². The molecule has 8 heteroatoms. The molecule has 118 valence electrons. The first-order chi connectivity index (χ1) is 10.2. The van der Waals surface area contributed by atoms with E-state index in [1.165, 1.54) is 12.1 Å². The summed E-state index contributed by atoms with van der Waals surface area (Å²) in [6, 6.07) is 3.86. The van der Waals surface area contributed by atoms with Crippen LogP contribution in [0.4, 0.5) is 17.6 Å². The molecule has 0 aliphatic carbocycles. The summed E-state index contributed by atoms with van der Waals surface area (Å²) >= 11 is 0. The molecule has 2 rings (SSSR count). The summed E-state index contributed by atoms with van der Waals surface area (Å²) in [6.07, 6.45) is -3.79. The van der Waals surface area contributed by atoms with Gasteiger partial charge in [0.15, 0.2) is 5.78 Å². The molecule has 0 radical (unpaired) electrons. The molecule has 22 heavy (non-hydrogen) atoms. The van der Waals surface area contributed by atoms with Gasteiger partial charge in [-0.05, 0) is 30.2 Å². The lowest BCUT2D eigenvalue weighted by atomic mass is 9.95. The average molecular weight is 315 g/mol. The summed E-state index contributed by atoms with van der Waals surface area (Å²) in [6.45, 7) is 3.36. The highest BCUT2D eigenvalue weighted by atomic mass is 19.4. The Morgan fingerprint density at radius 2 is 1.77 bits per heavy atom. The summed E-state index contributed by atoms with van der Waals surface area (Å²) in [5, 5.41) is 3.35. The molecule has 2 aromatic rings. The first-order valence-electron chi connectivity index (χ1n) is 6.48. The maximum absolute atomic E-state index is 12.9. The zero-order valence-electron chi connectivity index (χ0n) is 11.8. The van der Waals surface area contributed by atoms with Gasteiger partial charge in [0.05, 0.1) is 0 Å². The summed E-state index contributed by atoms with van der Waals surface area (Å²) in [5.74, 6) is -2.57. The van der Waals surface area contributed by atoms with Crippen molar-refractivity contribution in [3.63, 3.8) is 0 Å². The van der Waals surface area contributed by atoms with Gasteiger partial charge in [0, 0.05) is 5.56 Å². The Kier molecular flexibility index (Phi) is 4.30. The third-order valence-corrected chi connectivity index (χ3v) is 3.08. The zero-order valence-corrected chi connectivity index (χ0v) is 11.8. The Morgan fingerprint density at radius 1 is 1.18 bits per heavy atom. The summed E-state index contributed by atoms with van der Waals surface area (Å²) < 4.78 is 51.5. The number of aromatic nitrogens is 3. The van der Waals surface area contributed by atoms with Crippen LogP contribution < -0.4 is 0 Å². The van der Waals surface area contributed by atoms with E-state index >= 15 is 0 Å². The summed E-state index contributed by atoms with van der Waals surface area (Å²) in [5.41, 5.74) is 0.198. The van der Waals surface area contributed by atoms with Crippen LogP contribution in [0, 0.1) is 11.7 Å². The number of rotatable bonds is 4. The molecule has 0 N–H and O–H groups in total. The molecule has 1 aromatic carbocycles. The van der Waals surface area contributed by atoms with Crippen LogP contribution in [0.25, 0.3) is 0 Å². The van der Waals surface area contributed by atoms with Gasteiger partial charge >= 0.3 is 6.18 Å². The largest absolute Gasteiger partial charge is 0.453 e. The highest BCUT2D eigenvalue weighted by Gasteiger charge is 2.37. The second kappa shape index (κ2) is 5.86. The van der Waals surface area contributed by atoms with Crippen LogP contribution in [0.1, 0.15) is 36.1 Å². The Labute approximate surface area is 123 Å².